The molecule has 19 heavy (non-hydrogen) atoms. The van der Waals surface area contributed by atoms with E-state index >= 15 is 0 Å². The molecule has 3 aromatic rings. The van der Waals surface area contributed by atoms with Crippen molar-refractivity contribution in [3.05, 3.63) is 53.3 Å². The van der Waals surface area contributed by atoms with Crippen LogP contribution in [0.4, 0.5) is 10.2 Å². The van der Waals surface area contributed by atoms with Crippen molar-refractivity contribution in [2.45, 2.75) is 0 Å². The van der Waals surface area contributed by atoms with Crippen LogP contribution < -0.4 is 5.73 Å². The first-order valence-corrected chi connectivity index (χ1v) is 6.00. The Morgan fingerprint density at radius 2 is 1.74 bits per heavy atom. The van der Waals surface area contributed by atoms with Crippen molar-refractivity contribution in [1.82, 2.24) is 9.97 Å². The molecule has 1 heterocycles. The third-order valence-electron chi connectivity index (χ3n) is 2.79. The first kappa shape index (κ1) is 11.9. The predicted molar refractivity (Wildman–Crippen MR) is 74.4 cm³/mol. The summed E-state index contributed by atoms with van der Waals surface area (Å²) in [6.45, 7) is 0. The molecule has 3 nitrogen and oxygen atoms in total. The Bertz CT molecular complexity index is 756. The number of rotatable bonds is 1. The molecule has 2 N–H and O–H groups in total. The summed E-state index contributed by atoms with van der Waals surface area (Å²) in [6.07, 6.45) is 0. The average Bonchev–Trinajstić information content (AvgIpc) is 2.40. The lowest BCUT2D eigenvalue weighted by Crippen LogP contribution is -1.97. The standard InChI is InChI=1S/C14H9ClFN3/c15-9-3-6-12-11(7-9)13(17)19-14(18-12)8-1-4-10(16)5-2-8/h1-7H,(H2,17,18,19). The van der Waals surface area contributed by atoms with Gasteiger partial charge in [0.05, 0.1) is 5.52 Å². The van der Waals surface area contributed by atoms with Crippen LogP contribution in [0.25, 0.3) is 22.3 Å². The number of benzene rings is 2. The molecule has 0 bridgehead atoms. The zero-order chi connectivity index (χ0) is 13.4. The Hall–Kier alpha value is -2.20. The summed E-state index contributed by atoms with van der Waals surface area (Å²) in [5.74, 6) is 0.517. The fourth-order valence-corrected chi connectivity index (χ4v) is 2.02. The number of nitrogen functional groups attached to an aromatic ring is 1. The molecular weight excluding hydrogens is 265 g/mol. The van der Waals surface area contributed by atoms with Crippen LogP contribution in [0.5, 0.6) is 0 Å². The van der Waals surface area contributed by atoms with E-state index in [0.29, 0.717) is 33.1 Å². The van der Waals surface area contributed by atoms with E-state index in [1.54, 1.807) is 30.3 Å². The van der Waals surface area contributed by atoms with Gasteiger partial charge in [0, 0.05) is 16.0 Å². The van der Waals surface area contributed by atoms with Crippen molar-refractivity contribution < 1.29 is 4.39 Å². The van der Waals surface area contributed by atoms with E-state index in [2.05, 4.69) is 9.97 Å². The summed E-state index contributed by atoms with van der Waals surface area (Å²) in [7, 11) is 0. The minimum Gasteiger partial charge on any atom is -0.383 e. The Morgan fingerprint density at radius 3 is 2.47 bits per heavy atom. The molecule has 0 atom stereocenters. The topological polar surface area (TPSA) is 51.8 Å². The normalized spacial score (nSPS) is 10.8. The Labute approximate surface area is 113 Å². The van der Waals surface area contributed by atoms with E-state index < -0.39 is 0 Å². The molecule has 0 fully saturated rings. The molecule has 0 radical (unpaired) electrons. The maximum Gasteiger partial charge on any atom is 0.162 e. The van der Waals surface area contributed by atoms with Gasteiger partial charge in [0.2, 0.25) is 0 Å². The average molecular weight is 274 g/mol. The molecule has 3 rings (SSSR count). The van der Waals surface area contributed by atoms with E-state index in [1.165, 1.54) is 12.1 Å². The lowest BCUT2D eigenvalue weighted by Gasteiger charge is -2.05. The molecule has 0 spiro atoms. The second kappa shape index (κ2) is 4.48. The van der Waals surface area contributed by atoms with Gasteiger partial charge in [-0.15, -0.1) is 0 Å². The molecule has 0 aliphatic heterocycles. The highest BCUT2D eigenvalue weighted by atomic mass is 35.5. The number of hydrogen-bond donors (Lipinski definition) is 1. The van der Waals surface area contributed by atoms with Crippen LogP contribution in [0.1, 0.15) is 0 Å². The summed E-state index contributed by atoms with van der Waals surface area (Å²) in [5.41, 5.74) is 7.33. The third kappa shape index (κ3) is 2.22. The van der Waals surface area contributed by atoms with Gasteiger partial charge in [0.1, 0.15) is 11.6 Å². The molecule has 0 amide bonds. The van der Waals surface area contributed by atoms with Crippen LogP contribution in [0.2, 0.25) is 5.02 Å². The highest BCUT2D eigenvalue weighted by molar-refractivity contribution is 6.31. The van der Waals surface area contributed by atoms with Crippen LogP contribution in [0, 0.1) is 5.82 Å². The fraction of sp³-hybridized carbons (Fsp3) is 0. The Kier molecular flexibility index (Phi) is 2.80. The van der Waals surface area contributed by atoms with Crippen LogP contribution in [0.15, 0.2) is 42.5 Å². The maximum absolute atomic E-state index is 12.9. The SMILES string of the molecule is Nc1nc(-c2ccc(F)cc2)nc2ccc(Cl)cc12. The van der Waals surface area contributed by atoms with Gasteiger partial charge in [-0.2, -0.15) is 0 Å². The van der Waals surface area contributed by atoms with E-state index in [-0.39, 0.29) is 5.82 Å². The minimum atomic E-state index is -0.302. The molecule has 94 valence electrons. The monoisotopic (exact) mass is 273 g/mol. The summed E-state index contributed by atoms with van der Waals surface area (Å²) in [5, 5.41) is 1.29. The van der Waals surface area contributed by atoms with Gasteiger partial charge in [-0.1, -0.05) is 11.6 Å². The Morgan fingerprint density at radius 1 is 1.00 bits per heavy atom. The number of fused-ring (bicyclic) bond motifs is 1. The zero-order valence-electron chi connectivity index (χ0n) is 9.77. The van der Waals surface area contributed by atoms with Crippen LogP contribution in [0.3, 0.4) is 0 Å². The molecular formula is C14H9ClFN3. The highest BCUT2D eigenvalue weighted by Gasteiger charge is 2.07. The fourth-order valence-electron chi connectivity index (χ4n) is 1.85. The molecule has 5 heteroatoms. The molecule has 0 aliphatic rings. The van der Waals surface area contributed by atoms with Crippen molar-refractivity contribution in [2.75, 3.05) is 5.73 Å². The summed E-state index contributed by atoms with van der Waals surface area (Å²) in [4.78, 5) is 8.63. The van der Waals surface area contributed by atoms with E-state index in [4.69, 9.17) is 17.3 Å². The van der Waals surface area contributed by atoms with Crippen molar-refractivity contribution in [3.8, 4) is 11.4 Å². The number of nitrogens with two attached hydrogens (primary N) is 1. The number of hydrogen-bond acceptors (Lipinski definition) is 3. The van der Waals surface area contributed by atoms with E-state index in [1.807, 2.05) is 0 Å². The molecule has 0 saturated carbocycles. The predicted octanol–water partition coefficient (Wildman–Crippen LogP) is 3.67. The second-order valence-electron chi connectivity index (χ2n) is 4.10. The quantitative estimate of drug-likeness (QED) is 0.736. The lowest BCUT2D eigenvalue weighted by molar-refractivity contribution is 0.628. The van der Waals surface area contributed by atoms with Gasteiger partial charge in [-0.3, -0.25) is 0 Å². The number of anilines is 1. The summed E-state index contributed by atoms with van der Waals surface area (Å²) in [6, 6.07) is 11.2. The first-order chi connectivity index (χ1) is 9.13. The maximum atomic E-state index is 12.9. The minimum absolute atomic E-state index is 0.302. The van der Waals surface area contributed by atoms with Crippen molar-refractivity contribution in [3.63, 3.8) is 0 Å². The highest BCUT2D eigenvalue weighted by Crippen LogP contribution is 2.25. The second-order valence-corrected chi connectivity index (χ2v) is 4.54. The first-order valence-electron chi connectivity index (χ1n) is 5.62. The number of nitrogens with zero attached hydrogens (tertiary/aromatic N) is 2. The van der Waals surface area contributed by atoms with Crippen LogP contribution >= 0.6 is 11.6 Å². The van der Waals surface area contributed by atoms with Gasteiger partial charge < -0.3 is 5.73 Å². The van der Waals surface area contributed by atoms with Crippen LogP contribution in [-0.4, -0.2) is 9.97 Å². The van der Waals surface area contributed by atoms with Gasteiger partial charge in [0.25, 0.3) is 0 Å². The van der Waals surface area contributed by atoms with Gasteiger partial charge in [-0.05, 0) is 42.5 Å². The molecule has 1 aromatic heterocycles. The van der Waals surface area contributed by atoms with Crippen molar-refractivity contribution in [2.24, 2.45) is 0 Å². The third-order valence-corrected chi connectivity index (χ3v) is 3.02. The van der Waals surface area contributed by atoms with Gasteiger partial charge in [0.15, 0.2) is 5.82 Å². The molecule has 0 aliphatic carbocycles. The van der Waals surface area contributed by atoms with Gasteiger partial charge >= 0.3 is 0 Å². The van der Waals surface area contributed by atoms with E-state index in [9.17, 15) is 4.39 Å². The largest absolute Gasteiger partial charge is 0.383 e. The smallest absolute Gasteiger partial charge is 0.162 e. The lowest BCUT2D eigenvalue weighted by atomic mass is 10.2. The molecule has 0 saturated heterocycles. The molecule has 2 aromatic carbocycles. The summed E-state index contributed by atoms with van der Waals surface area (Å²) < 4.78 is 12.9. The Balaban J connectivity index is 2.20. The molecule has 0 unspecified atom stereocenters. The van der Waals surface area contributed by atoms with Gasteiger partial charge in [-0.25, -0.2) is 14.4 Å². The van der Waals surface area contributed by atoms with Crippen molar-refractivity contribution >= 4 is 28.3 Å². The number of aromatic nitrogens is 2. The van der Waals surface area contributed by atoms with Crippen LogP contribution in [-0.2, 0) is 0 Å². The zero-order valence-corrected chi connectivity index (χ0v) is 10.5. The number of halogens is 2. The van der Waals surface area contributed by atoms with E-state index in [0.717, 1.165) is 0 Å². The van der Waals surface area contributed by atoms with Crippen molar-refractivity contribution in [1.29, 1.82) is 0 Å². The summed E-state index contributed by atoms with van der Waals surface area (Å²) >= 11 is 5.91.